The summed E-state index contributed by atoms with van der Waals surface area (Å²) in [4.78, 5) is 48.4. The van der Waals surface area contributed by atoms with Gasteiger partial charge < -0.3 is 14.3 Å². The lowest BCUT2D eigenvalue weighted by Gasteiger charge is -2.34. The van der Waals surface area contributed by atoms with E-state index in [2.05, 4.69) is 16.2 Å². The number of rotatable bonds is 2. The minimum atomic E-state index is -0.749. The summed E-state index contributed by atoms with van der Waals surface area (Å²) in [6, 6.07) is 8.43. The van der Waals surface area contributed by atoms with Gasteiger partial charge in [0.1, 0.15) is 17.9 Å². The molecule has 0 aliphatic carbocycles. The summed E-state index contributed by atoms with van der Waals surface area (Å²) in [5.41, 5.74) is 1.38. The van der Waals surface area contributed by atoms with Crippen molar-refractivity contribution in [2.45, 2.75) is 31.5 Å². The number of urea groups is 1. The van der Waals surface area contributed by atoms with Crippen molar-refractivity contribution in [2.75, 3.05) is 11.4 Å². The van der Waals surface area contributed by atoms with Gasteiger partial charge >= 0.3 is 6.03 Å². The highest BCUT2D eigenvalue weighted by molar-refractivity contribution is 6.25. The Kier molecular flexibility index (Phi) is 3.68. The lowest BCUT2D eigenvalue weighted by Crippen LogP contribution is -2.54. The van der Waals surface area contributed by atoms with Crippen LogP contribution in [-0.2, 0) is 4.79 Å². The van der Waals surface area contributed by atoms with E-state index in [4.69, 9.17) is 4.52 Å². The van der Waals surface area contributed by atoms with Crippen LogP contribution in [0.3, 0.4) is 0 Å². The molecule has 32 heavy (non-hydrogen) atoms. The Morgan fingerprint density at radius 1 is 1.28 bits per heavy atom. The Morgan fingerprint density at radius 2 is 2.12 bits per heavy atom. The number of aromatic nitrogens is 2. The summed E-state index contributed by atoms with van der Waals surface area (Å²) < 4.78 is 5.02. The molecule has 0 radical (unpaired) electrons. The molecule has 10 heteroatoms. The zero-order valence-electron chi connectivity index (χ0n) is 16.9. The van der Waals surface area contributed by atoms with Crippen LogP contribution >= 0.6 is 0 Å². The van der Waals surface area contributed by atoms with E-state index in [0.29, 0.717) is 40.9 Å². The largest absolute Gasteiger partial charge is 0.361 e. The standard InChI is InChI=1S/C22H16N6O4/c1-11-7-15(25-32-11)20(29)26-10-13-8-17(26)19-21(30)28(22(31)27(13)19)16-5-4-12(9-23)18-14(16)3-2-6-24-18/h2-7,13,17,19H,8,10H2,1H3/t13?,17?,19-/m1/s1. The fourth-order valence-electron chi connectivity index (χ4n) is 5.17. The molecule has 6 rings (SSSR count). The van der Waals surface area contributed by atoms with Crippen molar-refractivity contribution in [1.29, 1.82) is 5.26 Å². The van der Waals surface area contributed by atoms with Gasteiger partial charge in [-0.3, -0.25) is 14.6 Å². The average molecular weight is 428 g/mol. The maximum absolute atomic E-state index is 13.5. The van der Waals surface area contributed by atoms with Gasteiger partial charge in [0.05, 0.1) is 28.9 Å². The normalized spacial score (nSPS) is 23.9. The number of imide groups is 1. The monoisotopic (exact) mass is 428 g/mol. The number of benzene rings is 1. The SMILES string of the molecule is Cc1cc(C(=O)N2CC3CC2[C@@H]2C(=O)N(c4ccc(C#N)c5ncccc45)C(=O)N32)no1. The van der Waals surface area contributed by atoms with Crippen LogP contribution in [0.2, 0.25) is 0 Å². The van der Waals surface area contributed by atoms with E-state index in [1.54, 1.807) is 53.3 Å². The topological polar surface area (TPSA) is 124 Å². The fourth-order valence-corrected chi connectivity index (χ4v) is 5.17. The molecular formula is C22H16N6O4. The first-order chi connectivity index (χ1) is 15.5. The van der Waals surface area contributed by atoms with Crippen molar-refractivity contribution in [3.63, 3.8) is 0 Å². The Morgan fingerprint density at radius 3 is 2.88 bits per heavy atom. The van der Waals surface area contributed by atoms with Crippen molar-refractivity contribution in [1.82, 2.24) is 19.9 Å². The summed E-state index contributed by atoms with van der Waals surface area (Å²) in [6.07, 6.45) is 2.11. The van der Waals surface area contributed by atoms with Gasteiger partial charge in [0.2, 0.25) is 0 Å². The third-order valence-corrected chi connectivity index (χ3v) is 6.48. The Balaban J connectivity index is 1.38. The number of hydrogen-bond acceptors (Lipinski definition) is 7. The second kappa shape index (κ2) is 6.37. The van der Waals surface area contributed by atoms with Crippen LogP contribution in [0.25, 0.3) is 10.9 Å². The average Bonchev–Trinajstić information content (AvgIpc) is 3.56. The van der Waals surface area contributed by atoms with Crippen molar-refractivity contribution in [3.8, 4) is 6.07 Å². The van der Waals surface area contributed by atoms with E-state index >= 15 is 0 Å². The van der Waals surface area contributed by atoms with Gasteiger partial charge in [-0.15, -0.1) is 0 Å². The van der Waals surface area contributed by atoms with Gasteiger partial charge in [-0.25, -0.2) is 9.69 Å². The number of amides is 4. The van der Waals surface area contributed by atoms with Crippen LogP contribution in [0.1, 0.15) is 28.2 Å². The zero-order valence-corrected chi connectivity index (χ0v) is 16.9. The van der Waals surface area contributed by atoms with Gasteiger partial charge in [-0.2, -0.15) is 5.26 Å². The number of pyridine rings is 1. The Hall–Kier alpha value is -4.26. The predicted molar refractivity (Wildman–Crippen MR) is 109 cm³/mol. The van der Waals surface area contributed by atoms with Gasteiger partial charge in [0.25, 0.3) is 11.8 Å². The van der Waals surface area contributed by atoms with E-state index in [0.717, 1.165) is 4.90 Å². The third-order valence-electron chi connectivity index (χ3n) is 6.48. The Bertz CT molecular complexity index is 1370. The smallest absolute Gasteiger partial charge is 0.332 e. The lowest BCUT2D eigenvalue weighted by molar-refractivity contribution is -0.121. The first kappa shape index (κ1) is 18.5. The van der Waals surface area contributed by atoms with Gasteiger partial charge in [-0.1, -0.05) is 5.16 Å². The second-order valence-electron chi connectivity index (χ2n) is 8.19. The molecule has 4 amide bonds. The molecule has 10 nitrogen and oxygen atoms in total. The molecule has 3 saturated heterocycles. The zero-order chi connectivity index (χ0) is 22.1. The third kappa shape index (κ3) is 2.30. The number of likely N-dealkylation sites (tertiary alicyclic amines) is 1. The molecule has 0 spiro atoms. The molecule has 3 aromatic rings. The first-order valence-electron chi connectivity index (χ1n) is 10.2. The maximum Gasteiger partial charge on any atom is 0.332 e. The highest BCUT2D eigenvalue weighted by Gasteiger charge is 2.63. The number of aryl methyl sites for hydroxylation is 1. The summed E-state index contributed by atoms with van der Waals surface area (Å²) in [6.45, 7) is 2.05. The number of nitriles is 1. The molecule has 3 aliphatic rings. The van der Waals surface area contributed by atoms with Crippen molar-refractivity contribution in [3.05, 3.63) is 53.5 Å². The van der Waals surface area contributed by atoms with Crippen molar-refractivity contribution in [2.24, 2.45) is 0 Å². The second-order valence-corrected chi connectivity index (χ2v) is 8.19. The van der Waals surface area contributed by atoms with E-state index in [1.165, 1.54) is 0 Å². The molecule has 5 heterocycles. The Labute approximate surface area is 181 Å². The molecule has 2 unspecified atom stereocenters. The highest BCUT2D eigenvalue weighted by Crippen LogP contribution is 2.44. The van der Waals surface area contributed by atoms with Crippen LogP contribution < -0.4 is 4.90 Å². The van der Waals surface area contributed by atoms with E-state index in [1.807, 2.05) is 0 Å². The van der Waals surface area contributed by atoms with Crippen molar-refractivity contribution < 1.29 is 18.9 Å². The number of carbonyl (C=O) groups is 3. The summed E-state index contributed by atoms with van der Waals surface area (Å²) in [5, 5.41) is 13.7. The van der Waals surface area contributed by atoms with E-state index in [-0.39, 0.29) is 23.6 Å². The summed E-state index contributed by atoms with van der Waals surface area (Å²) in [7, 11) is 0. The van der Waals surface area contributed by atoms with Crippen LogP contribution in [0.15, 0.2) is 41.1 Å². The molecule has 0 N–H and O–H groups in total. The molecule has 2 aromatic heterocycles. The summed E-state index contributed by atoms with van der Waals surface area (Å²) in [5.74, 6) is -0.161. The predicted octanol–water partition coefficient (Wildman–Crippen LogP) is 1.84. The van der Waals surface area contributed by atoms with Crippen LogP contribution in [0.5, 0.6) is 0 Å². The lowest BCUT2D eigenvalue weighted by atomic mass is 10.1. The minimum Gasteiger partial charge on any atom is -0.361 e. The van der Waals surface area contributed by atoms with E-state index < -0.39 is 18.1 Å². The molecular weight excluding hydrogens is 412 g/mol. The molecule has 3 atom stereocenters. The molecule has 3 fully saturated rings. The number of fused-ring (bicyclic) bond motifs is 6. The molecule has 2 bridgehead atoms. The quantitative estimate of drug-likeness (QED) is 0.571. The first-order valence-corrected chi connectivity index (χ1v) is 10.2. The van der Waals surface area contributed by atoms with Crippen LogP contribution in [0.4, 0.5) is 10.5 Å². The summed E-state index contributed by atoms with van der Waals surface area (Å²) >= 11 is 0. The van der Waals surface area contributed by atoms with Gasteiger partial charge in [0, 0.05) is 24.2 Å². The highest BCUT2D eigenvalue weighted by atomic mass is 16.5. The number of anilines is 1. The van der Waals surface area contributed by atoms with Crippen LogP contribution in [-0.4, -0.2) is 62.5 Å². The molecule has 3 aliphatic heterocycles. The minimum absolute atomic E-state index is 0.194. The number of carbonyl (C=O) groups excluding carboxylic acids is 3. The number of piperazine rings is 1. The molecule has 1 aromatic carbocycles. The molecule has 158 valence electrons. The fraction of sp³-hybridized carbons (Fsp3) is 0.273. The maximum atomic E-state index is 13.5. The van der Waals surface area contributed by atoms with Crippen LogP contribution in [0, 0.1) is 18.3 Å². The number of nitrogens with zero attached hydrogens (tertiary/aromatic N) is 6. The van der Waals surface area contributed by atoms with Gasteiger partial charge in [0.15, 0.2) is 5.69 Å². The van der Waals surface area contributed by atoms with E-state index in [9.17, 15) is 19.6 Å². The molecule has 0 saturated carbocycles. The van der Waals surface area contributed by atoms with Gasteiger partial charge in [-0.05, 0) is 37.6 Å². The number of hydrogen-bond donors (Lipinski definition) is 0. The van der Waals surface area contributed by atoms with Crippen molar-refractivity contribution >= 4 is 34.4 Å².